The molecule has 1 aromatic heterocycles. The maximum absolute atomic E-state index is 13.1. The van der Waals surface area contributed by atoms with Crippen LogP contribution in [0.25, 0.3) is 22.1 Å². The smallest absolute Gasteiger partial charge is 0.343 e. The fourth-order valence-electron chi connectivity index (χ4n) is 4.83. The number of esters is 1. The van der Waals surface area contributed by atoms with Crippen LogP contribution in [0, 0.1) is 0 Å². The van der Waals surface area contributed by atoms with Crippen molar-refractivity contribution >= 4 is 28.8 Å². The number of carbonyl (C=O) groups is 3. The van der Waals surface area contributed by atoms with Crippen molar-refractivity contribution in [2.75, 3.05) is 0 Å². The Kier molecular flexibility index (Phi) is 6.88. The molecule has 0 saturated carbocycles. The monoisotopic (exact) mass is 559 g/mol. The minimum Gasteiger partial charge on any atom is -0.460 e. The van der Waals surface area contributed by atoms with E-state index in [-0.39, 0.29) is 56.5 Å². The lowest BCUT2D eigenvalue weighted by Gasteiger charge is -2.20. The lowest BCUT2D eigenvalue weighted by molar-refractivity contribution is 0.0593. The first kappa shape index (κ1) is 26.7. The van der Waals surface area contributed by atoms with Gasteiger partial charge in [0.15, 0.2) is 0 Å². The second-order valence-corrected chi connectivity index (χ2v) is 9.97. The number of rotatable bonds is 7. The van der Waals surface area contributed by atoms with Crippen molar-refractivity contribution in [2.24, 2.45) is 0 Å². The quantitative estimate of drug-likeness (QED) is 0.122. The van der Waals surface area contributed by atoms with Gasteiger partial charge in [-0.3, -0.25) is 19.3 Å². The molecule has 0 saturated heterocycles. The number of hydrogen-bond acceptors (Lipinski definition) is 7. The highest BCUT2D eigenvalue weighted by atomic mass is 16.5. The maximum atomic E-state index is 13.1. The predicted molar refractivity (Wildman–Crippen MR) is 156 cm³/mol. The molecule has 0 N–H and O–H groups in total. The van der Waals surface area contributed by atoms with Crippen LogP contribution in [0.15, 0.2) is 106 Å². The van der Waals surface area contributed by atoms with Crippen molar-refractivity contribution in [1.29, 1.82) is 0 Å². The third-order valence-electron chi connectivity index (χ3n) is 7.30. The van der Waals surface area contributed by atoms with E-state index < -0.39 is 11.9 Å². The molecular formula is C34H25NO7. The van der Waals surface area contributed by atoms with Gasteiger partial charge in [0.2, 0.25) is 11.2 Å². The second-order valence-electron chi connectivity index (χ2n) is 9.97. The molecule has 0 spiro atoms. The highest BCUT2D eigenvalue weighted by Crippen LogP contribution is 2.29. The third-order valence-corrected chi connectivity index (χ3v) is 7.30. The van der Waals surface area contributed by atoms with Crippen molar-refractivity contribution in [2.45, 2.75) is 26.3 Å². The van der Waals surface area contributed by atoms with Gasteiger partial charge in [-0.1, -0.05) is 49.4 Å². The van der Waals surface area contributed by atoms with Gasteiger partial charge in [0.25, 0.3) is 11.8 Å². The molecule has 2 amide bonds. The zero-order valence-corrected chi connectivity index (χ0v) is 22.8. The molecule has 8 nitrogen and oxygen atoms in total. The Morgan fingerprint density at radius 2 is 1.50 bits per heavy atom. The number of hydrogen-bond donors (Lipinski definition) is 0. The number of ether oxygens (including phenoxy) is 2. The standard InChI is InChI=1S/C34H25NO7/c1-3-20(2)35-32(37)26-15-11-23(17-28(26)33(35)38)34(39)42-25-14-16-27-29(18-25)40-19-30(31(27)36)41-24-12-9-22(10-13-24)21-7-5-4-6-8-21/h4-20H,3H2,1-2H3. The van der Waals surface area contributed by atoms with E-state index in [1.165, 1.54) is 47.6 Å². The molecular weight excluding hydrogens is 534 g/mol. The Morgan fingerprint density at radius 1 is 0.810 bits per heavy atom. The molecule has 1 unspecified atom stereocenters. The van der Waals surface area contributed by atoms with E-state index in [0.29, 0.717) is 12.2 Å². The van der Waals surface area contributed by atoms with Crippen LogP contribution in [-0.4, -0.2) is 28.7 Å². The third kappa shape index (κ3) is 4.83. The van der Waals surface area contributed by atoms with Crippen molar-refractivity contribution in [3.8, 4) is 28.4 Å². The van der Waals surface area contributed by atoms with Crippen LogP contribution in [0.3, 0.4) is 0 Å². The van der Waals surface area contributed by atoms with Crippen LogP contribution in [-0.2, 0) is 0 Å². The zero-order chi connectivity index (χ0) is 29.4. The summed E-state index contributed by atoms with van der Waals surface area (Å²) in [6, 6.07) is 25.7. The first-order valence-corrected chi connectivity index (χ1v) is 13.5. The van der Waals surface area contributed by atoms with Crippen LogP contribution in [0.4, 0.5) is 0 Å². The van der Waals surface area contributed by atoms with Gasteiger partial charge >= 0.3 is 5.97 Å². The van der Waals surface area contributed by atoms with E-state index >= 15 is 0 Å². The molecule has 2 heterocycles. The molecule has 0 radical (unpaired) electrons. The molecule has 1 atom stereocenters. The van der Waals surface area contributed by atoms with E-state index in [0.717, 1.165) is 11.1 Å². The van der Waals surface area contributed by atoms with Gasteiger partial charge in [-0.05, 0) is 66.9 Å². The van der Waals surface area contributed by atoms with Gasteiger partial charge in [-0.25, -0.2) is 4.79 Å². The van der Waals surface area contributed by atoms with Crippen LogP contribution in [0.5, 0.6) is 17.2 Å². The zero-order valence-electron chi connectivity index (χ0n) is 22.8. The highest BCUT2D eigenvalue weighted by Gasteiger charge is 2.38. The van der Waals surface area contributed by atoms with Gasteiger partial charge in [0.05, 0.1) is 22.1 Å². The van der Waals surface area contributed by atoms with Crippen LogP contribution in [0.2, 0.25) is 0 Å². The minimum absolute atomic E-state index is 0.0171. The Labute approximate surface area is 240 Å². The lowest BCUT2D eigenvalue weighted by atomic mass is 10.1. The Bertz CT molecular complexity index is 1910. The summed E-state index contributed by atoms with van der Waals surface area (Å²) in [5.74, 6) is -0.888. The molecule has 0 aliphatic carbocycles. The SMILES string of the molecule is CCC(C)N1C(=O)c2ccc(C(=O)Oc3ccc4c(=O)c(Oc5ccc(-c6ccccc6)cc5)coc4c3)cc2C1=O. The van der Waals surface area contributed by atoms with Crippen molar-refractivity contribution < 1.29 is 28.3 Å². The summed E-state index contributed by atoms with van der Waals surface area (Å²) >= 11 is 0. The summed E-state index contributed by atoms with van der Waals surface area (Å²) in [6.45, 7) is 3.69. The van der Waals surface area contributed by atoms with E-state index in [2.05, 4.69) is 0 Å². The molecule has 5 aromatic rings. The molecule has 42 heavy (non-hydrogen) atoms. The van der Waals surface area contributed by atoms with Crippen LogP contribution >= 0.6 is 0 Å². The number of fused-ring (bicyclic) bond motifs is 2. The van der Waals surface area contributed by atoms with E-state index in [4.69, 9.17) is 13.9 Å². The summed E-state index contributed by atoms with van der Waals surface area (Å²) in [5.41, 5.74) is 2.45. The van der Waals surface area contributed by atoms with Gasteiger partial charge in [0.1, 0.15) is 23.3 Å². The van der Waals surface area contributed by atoms with E-state index in [1.807, 2.05) is 49.4 Å². The van der Waals surface area contributed by atoms with Crippen molar-refractivity contribution in [3.05, 3.63) is 124 Å². The molecule has 1 aliphatic heterocycles. The predicted octanol–water partition coefficient (Wildman–Crippen LogP) is 6.87. The second kappa shape index (κ2) is 10.8. The number of imide groups is 1. The average molecular weight is 560 g/mol. The van der Waals surface area contributed by atoms with Gasteiger partial charge in [0, 0.05) is 12.1 Å². The maximum Gasteiger partial charge on any atom is 0.343 e. The summed E-state index contributed by atoms with van der Waals surface area (Å²) < 4.78 is 16.9. The molecule has 8 heteroatoms. The normalized spacial score (nSPS) is 13.2. The molecule has 6 rings (SSSR count). The van der Waals surface area contributed by atoms with E-state index in [9.17, 15) is 19.2 Å². The molecule has 4 aromatic carbocycles. The minimum atomic E-state index is -0.722. The van der Waals surface area contributed by atoms with E-state index in [1.54, 1.807) is 19.1 Å². The number of amides is 2. The van der Waals surface area contributed by atoms with Crippen molar-refractivity contribution in [1.82, 2.24) is 4.90 Å². The highest BCUT2D eigenvalue weighted by molar-refractivity contribution is 6.22. The Morgan fingerprint density at radius 3 is 2.24 bits per heavy atom. The lowest BCUT2D eigenvalue weighted by Crippen LogP contribution is -2.37. The average Bonchev–Trinajstić information content (AvgIpc) is 3.27. The van der Waals surface area contributed by atoms with Crippen LogP contribution < -0.4 is 14.9 Å². The summed E-state index contributed by atoms with van der Waals surface area (Å²) in [7, 11) is 0. The molecule has 1 aliphatic rings. The number of carbonyl (C=O) groups excluding carboxylic acids is 3. The fraction of sp³-hybridized carbons (Fsp3) is 0.118. The number of benzene rings is 4. The van der Waals surface area contributed by atoms with Gasteiger partial charge < -0.3 is 13.9 Å². The van der Waals surface area contributed by atoms with Crippen molar-refractivity contribution in [3.63, 3.8) is 0 Å². The summed E-state index contributed by atoms with van der Waals surface area (Å²) in [6.07, 6.45) is 1.83. The first-order valence-electron chi connectivity index (χ1n) is 13.5. The summed E-state index contributed by atoms with van der Waals surface area (Å²) in [4.78, 5) is 52.7. The molecule has 208 valence electrons. The largest absolute Gasteiger partial charge is 0.460 e. The first-order chi connectivity index (χ1) is 20.3. The molecule has 0 fully saturated rings. The van der Waals surface area contributed by atoms with Crippen LogP contribution in [0.1, 0.15) is 51.3 Å². The Balaban J connectivity index is 1.18. The van der Waals surface area contributed by atoms with Gasteiger partial charge in [-0.2, -0.15) is 0 Å². The Hall–Kier alpha value is -5.50. The topological polar surface area (TPSA) is 103 Å². The fourth-order valence-corrected chi connectivity index (χ4v) is 4.83. The van der Waals surface area contributed by atoms with Gasteiger partial charge in [-0.15, -0.1) is 0 Å². The number of nitrogens with zero attached hydrogens (tertiary/aromatic N) is 1. The summed E-state index contributed by atoms with van der Waals surface area (Å²) in [5, 5.41) is 0.250. The molecule has 0 bridgehead atoms.